The van der Waals surface area contributed by atoms with Crippen molar-refractivity contribution in [3.8, 4) is 0 Å². The molecule has 0 unspecified atom stereocenters. The number of benzene rings is 1. The van der Waals surface area contributed by atoms with Crippen LogP contribution in [0.5, 0.6) is 0 Å². The number of hydrogen-bond acceptors (Lipinski definition) is 3. The molecule has 3 nitrogen and oxygen atoms in total. The molecule has 0 atom stereocenters. The van der Waals surface area contributed by atoms with E-state index in [2.05, 4.69) is 13.8 Å². The SMILES string of the molecule is CCC(=O)c1ccccc1C(=O)OCCC(C)C. The van der Waals surface area contributed by atoms with Crippen molar-refractivity contribution in [3.05, 3.63) is 35.4 Å². The van der Waals surface area contributed by atoms with Crippen LogP contribution in [0.4, 0.5) is 0 Å². The summed E-state index contributed by atoms with van der Waals surface area (Å²) < 4.78 is 5.18. The molecule has 1 aromatic carbocycles. The third-order valence-corrected chi connectivity index (χ3v) is 2.70. The highest BCUT2D eigenvalue weighted by Gasteiger charge is 2.16. The molecule has 18 heavy (non-hydrogen) atoms. The second-order valence-electron chi connectivity index (χ2n) is 4.64. The zero-order valence-electron chi connectivity index (χ0n) is 11.2. The quantitative estimate of drug-likeness (QED) is 0.571. The van der Waals surface area contributed by atoms with Gasteiger partial charge in [0.05, 0.1) is 12.2 Å². The second kappa shape index (κ2) is 6.94. The smallest absolute Gasteiger partial charge is 0.338 e. The number of carbonyl (C=O) groups is 2. The van der Waals surface area contributed by atoms with Crippen LogP contribution in [0.2, 0.25) is 0 Å². The van der Waals surface area contributed by atoms with E-state index in [0.29, 0.717) is 30.1 Å². The van der Waals surface area contributed by atoms with Gasteiger partial charge in [-0.25, -0.2) is 4.79 Å². The molecule has 3 heteroatoms. The van der Waals surface area contributed by atoms with Crippen LogP contribution in [0.1, 0.15) is 54.3 Å². The van der Waals surface area contributed by atoms with Crippen LogP contribution in [-0.4, -0.2) is 18.4 Å². The van der Waals surface area contributed by atoms with Gasteiger partial charge in [-0.3, -0.25) is 4.79 Å². The molecule has 0 aliphatic carbocycles. The van der Waals surface area contributed by atoms with E-state index in [4.69, 9.17) is 4.74 Å². The molecule has 0 fully saturated rings. The van der Waals surface area contributed by atoms with Crippen molar-refractivity contribution in [1.82, 2.24) is 0 Å². The van der Waals surface area contributed by atoms with Gasteiger partial charge in [0.1, 0.15) is 0 Å². The van der Waals surface area contributed by atoms with Gasteiger partial charge >= 0.3 is 5.97 Å². The summed E-state index contributed by atoms with van der Waals surface area (Å²) in [5.74, 6) is 0.0461. The molecule has 0 heterocycles. The van der Waals surface area contributed by atoms with Crippen molar-refractivity contribution < 1.29 is 14.3 Å². The van der Waals surface area contributed by atoms with Crippen molar-refractivity contribution in [3.63, 3.8) is 0 Å². The Morgan fingerprint density at radius 3 is 2.33 bits per heavy atom. The average molecular weight is 248 g/mol. The molecule has 0 aliphatic rings. The molecular weight excluding hydrogens is 228 g/mol. The van der Waals surface area contributed by atoms with Gasteiger partial charge in [0.25, 0.3) is 0 Å². The van der Waals surface area contributed by atoms with E-state index >= 15 is 0 Å². The van der Waals surface area contributed by atoms with Crippen LogP contribution in [0.25, 0.3) is 0 Å². The van der Waals surface area contributed by atoms with Crippen molar-refractivity contribution in [2.24, 2.45) is 5.92 Å². The number of ether oxygens (including phenoxy) is 1. The summed E-state index contributed by atoms with van der Waals surface area (Å²) in [6.45, 7) is 6.32. The molecule has 1 aromatic rings. The Hall–Kier alpha value is -1.64. The van der Waals surface area contributed by atoms with Gasteiger partial charge in [-0.2, -0.15) is 0 Å². The van der Waals surface area contributed by atoms with Gasteiger partial charge in [0.2, 0.25) is 0 Å². The van der Waals surface area contributed by atoms with Crippen molar-refractivity contribution in [1.29, 1.82) is 0 Å². The van der Waals surface area contributed by atoms with E-state index < -0.39 is 5.97 Å². The summed E-state index contributed by atoms with van der Waals surface area (Å²) in [6, 6.07) is 6.81. The van der Waals surface area contributed by atoms with Crippen molar-refractivity contribution in [2.45, 2.75) is 33.6 Å². The zero-order valence-corrected chi connectivity index (χ0v) is 11.2. The highest BCUT2D eigenvalue weighted by atomic mass is 16.5. The lowest BCUT2D eigenvalue weighted by Crippen LogP contribution is -2.12. The van der Waals surface area contributed by atoms with Gasteiger partial charge in [-0.05, 0) is 18.4 Å². The first-order valence-electron chi connectivity index (χ1n) is 6.35. The van der Waals surface area contributed by atoms with Crippen molar-refractivity contribution >= 4 is 11.8 Å². The highest BCUT2D eigenvalue weighted by molar-refractivity contribution is 6.06. The molecule has 0 spiro atoms. The number of Topliss-reactive ketones (excluding diaryl/α,β-unsaturated/α-hetero) is 1. The van der Waals surface area contributed by atoms with E-state index in [-0.39, 0.29) is 5.78 Å². The number of rotatable bonds is 6. The number of ketones is 1. The third kappa shape index (κ3) is 3.99. The second-order valence-corrected chi connectivity index (χ2v) is 4.64. The van der Waals surface area contributed by atoms with Crippen LogP contribution < -0.4 is 0 Å². The fourth-order valence-corrected chi connectivity index (χ4v) is 1.56. The lowest BCUT2D eigenvalue weighted by Gasteiger charge is -2.09. The van der Waals surface area contributed by atoms with E-state index in [1.54, 1.807) is 31.2 Å². The molecular formula is C15H20O3. The minimum atomic E-state index is -0.409. The largest absolute Gasteiger partial charge is 0.462 e. The lowest BCUT2D eigenvalue weighted by atomic mass is 10.0. The summed E-state index contributed by atoms with van der Waals surface area (Å²) in [7, 11) is 0. The predicted molar refractivity (Wildman–Crippen MR) is 70.8 cm³/mol. The first kappa shape index (κ1) is 14.4. The van der Waals surface area contributed by atoms with Gasteiger partial charge in [0.15, 0.2) is 5.78 Å². The van der Waals surface area contributed by atoms with Crippen LogP contribution in [-0.2, 0) is 4.74 Å². The number of hydrogen-bond donors (Lipinski definition) is 0. The Morgan fingerprint density at radius 1 is 1.17 bits per heavy atom. The maximum Gasteiger partial charge on any atom is 0.338 e. The molecule has 1 rings (SSSR count). The topological polar surface area (TPSA) is 43.4 Å². The Balaban J connectivity index is 2.76. The average Bonchev–Trinajstić information content (AvgIpc) is 2.37. The van der Waals surface area contributed by atoms with Crippen LogP contribution >= 0.6 is 0 Å². The summed E-state index contributed by atoms with van der Waals surface area (Å²) in [5, 5.41) is 0. The fourth-order valence-electron chi connectivity index (χ4n) is 1.56. The van der Waals surface area contributed by atoms with Gasteiger partial charge in [-0.1, -0.05) is 39.0 Å². The molecule has 0 aliphatic heterocycles. The summed E-state index contributed by atoms with van der Waals surface area (Å²) in [5.41, 5.74) is 0.822. The minimum absolute atomic E-state index is 0.0357. The zero-order chi connectivity index (χ0) is 13.5. The van der Waals surface area contributed by atoms with Crippen LogP contribution in [0.15, 0.2) is 24.3 Å². The van der Waals surface area contributed by atoms with Gasteiger partial charge in [0, 0.05) is 12.0 Å². The van der Waals surface area contributed by atoms with E-state index in [9.17, 15) is 9.59 Å². The normalized spacial score (nSPS) is 10.4. The van der Waals surface area contributed by atoms with Gasteiger partial charge in [-0.15, -0.1) is 0 Å². The van der Waals surface area contributed by atoms with Crippen LogP contribution in [0.3, 0.4) is 0 Å². The Bertz CT molecular complexity index is 422. The van der Waals surface area contributed by atoms with E-state index in [0.717, 1.165) is 6.42 Å². The van der Waals surface area contributed by atoms with Crippen molar-refractivity contribution in [2.75, 3.05) is 6.61 Å². The number of carbonyl (C=O) groups excluding carboxylic acids is 2. The third-order valence-electron chi connectivity index (χ3n) is 2.70. The molecule has 0 N–H and O–H groups in total. The molecule has 0 aromatic heterocycles. The Morgan fingerprint density at radius 2 is 1.78 bits per heavy atom. The molecule has 98 valence electrons. The van der Waals surface area contributed by atoms with Gasteiger partial charge < -0.3 is 4.74 Å². The fraction of sp³-hybridized carbons (Fsp3) is 0.467. The Kier molecular flexibility index (Phi) is 5.56. The highest BCUT2D eigenvalue weighted by Crippen LogP contribution is 2.13. The van der Waals surface area contributed by atoms with Crippen LogP contribution in [0, 0.1) is 5.92 Å². The minimum Gasteiger partial charge on any atom is -0.462 e. The first-order chi connectivity index (χ1) is 8.56. The number of esters is 1. The van der Waals surface area contributed by atoms with E-state index in [1.807, 2.05) is 0 Å². The molecule has 0 saturated heterocycles. The summed E-state index contributed by atoms with van der Waals surface area (Å²) >= 11 is 0. The maximum atomic E-state index is 11.9. The maximum absolute atomic E-state index is 11.9. The molecule has 0 saturated carbocycles. The molecule has 0 amide bonds. The molecule has 0 bridgehead atoms. The molecule has 0 radical (unpaired) electrons. The predicted octanol–water partition coefficient (Wildman–Crippen LogP) is 3.48. The van der Waals surface area contributed by atoms with E-state index in [1.165, 1.54) is 0 Å². The monoisotopic (exact) mass is 248 g/mol. The lowest BCUT2D eigenvalue weighted by molar-refractivity contribution is 0.0485. The Labute approximate surface area is 108 Å². The standard InChI is InChI=1S/C15H20O3/c1-4-14(16)12-7-5-6-8-13(12)15(17)18-10-9-11(2)3/h5-8,11H,4,9-10H2,1-3H3. The summed E-state index contributed by atoms with van der Waals surface area (Å²) in [4.78, 5) is 23.6. The first-order valence-corrected chi connectivity index (χ1v) is 6.35. The summed E-state index contributed by atoms with van der Waals surface area (Å²) in [6.07, 6.45) is 1.21.